The van der Waals surface area contributed by atoms with E-state index in [-0.39, 0.29) is 5.56 Å². The number of hydrogen-bond donors (Lipinski definition) is 1. The summed E-state index contributed by atoms with van der Waals surface area (Å²) in [4.78, 5) is 18.0. The highest BCUT2D eigenvalue weighted by atomic mass is 16.4. The molecule has 1 atom stereocenters. The molecule has 0 radical (unpaired) electrons. The molecule has 0 spiro atoms. The maximum absolute atomic E-state index is 11.0. The first-order valence-corrected chi connectivity index (χ1v) is 7.00. The van der Waals surface area contributed by atoms with Crippen LogP contribution in [0.25, 0.3) is 5.65 Å². The van der Waals surface area contributed by atoms with Crippen LogP contribution in [-0.4, -0.2) is 44.5 Å². The number of fused-ring (bicyclic) bond motifs is 1. The van der Waals surface area contributed by atoms with Crippen molar-refractivity contribution in [2.75, 3.05) is 13.1 Å². The molecule has 2 aromatic rings. The van der Waals surface area contributed by atoms with Crippen molar-refractivity contribution < 1.29 is 9.90 Å². The molecule has 1 N–H and O–H groups in total. The molecular weight excluding hydrogens is 254 g/mol. The van der Waals surface area contributed by atoms with Crippen molar-refractivity contribution in [3.63, 3.8) is 0 Å². The first-order valence-electron chi connectivity index (χ1n) is 7.00. The predicted molar refractivity (Wildman–Crippen MR) is 76.2 cm³/mol. The van der Waals surface area contributed by atoms with Gasteiger partial charge < -0.3 is 14.4 Å². The van der Waals surface area contributed by atoms with Crippen LogP contribution in [0, 0.1) is 0 Å². The van der Waals surface area contributed by atoms with Gasteiger partial charge in [-0.3, -0.25) is 0 Å². The zero-order chi connectivity index (χ0) is 14.3. The first kappa shape index (κ1) is 13.1. The third-order valence-corrected chi connectivity index (χ3v) is 4.09. The molecule has 1 aliphatic heterocycles. The van der Waals surface area contributed by atoms with Crippen LogP contribution >= 0.6 is 0 Å². The topological polar surface area (TPSA) is 57.8 Å². The lowest BCUT2D eigenvalue weighted by atomic mass is 10.1. The van der Waals surface area contributed by atoms with Crippen LogP contribution < -0.4 is 0 Å². The Labute approximate surface area is 117 Å². The van der Waals surface area contributed by atoms with E-state index in [2.05, 4.69) is 23.7 Å². The third kappa shape index (κ3) is 2.29. The number of nitrogens with zero attached hydrogens (tertiary/aromatic N) is 3. The number of hydrogen-bond acceptors (Lipinski definition) is 3. The molecule has 0 aliphatic carbocycles. The van der Waals surface area contributed by atoms with Gasteiger partial charge in [0.1, 0.15) is 5.65 Å². The summed E-state index contributed by atoms with van der Waals surface area (Å²) in [5.41, 5.74) is 2.06. The van der Waals surface area contributed by atoms with E-state index in [0.29, 0.717) is 17.6 Å². The van der Waals surface area contributed by atoms with Crippen molar-refractivity contribution >= 4 is 11.6 Å². The average Bonchev–Trinajstić information content (AvgIpc) is 3.04. The van der Waals surface area contributed by atoms with Gasteiger partial charge in [-0.2, -0.15) is 0 Å². The van der Waals surface area contributed by atoms with Gasteiger partial charge in [-0.05, 0) is 38.9 Å². The van der Waals surface area contributed by atoms with E-state index < -0.39 is 5.97 Å². The summed E-state index contributed by atoms with van der Waals surface area (Å²) in [6, 6.07) is 3.80. The van der Waals surface area contributed by atoms with Crippen molar-refractivity contribution in [3.8, 4) is 0 Å². The van der Waals surface area contributed by atoms with E-state index in [1.54, 1.807) is 18.3 Å². The summed E-state index contributed by atoms with van der Waals surface area (Å²) < 4.78 is 1.90. The van der Waals surface area contributed by atoms with Gasteiger partial charge >= 0.3 is 5.97 Å². The van der Waals surface area contributed by atoms with E-state index >= 15 is 0 Å². The highest BCUT2D eigenvalue weighted by Gasteiger charge is 2.27. The molecule has 0 aromatic carbocycles. The van der Waals surface area contributed by atoms with Crippen LogP contribution in [-0.2, 0) is 0 Å². The Morgan fingerprint density at radius 2 is 2.30 bits per heavy atom. The summed E-state index contributed by atoms with van der Waals surface area (Å²) in [6.07, 6.45) is 4.91. The number of pyridine rings is 1. The van der Waals surface area contributed by atoms with Crippen LogP contribution in [0.1, 0.15) is 42.2 Å². The monoisotopic (exact) mass is 273 g/mol. The van der Waals surface area contributed by atoms with Gasteiger partial charge in [-0.1, -0.05) is 0 Å². The van der Waals surface area contributed by atoms with Gasteiger partial charge in [0.15, 0.2) is 0 Å². The van der Waals surface area contributed by atoms with Crippen LogP contribution in [0.15, 0.2) is 24.5 Å². The van der Waals surface area contributed by atoms with Crippen LogP contribution in [0.2, 0.25) is 0 Å². The Hall–Kier alpha value is -1.88. The fourth-order valence-electron chi connectivity index (χ4n) is 2.83. The average molecular weight is 273 g/mol. The molecule has 1 fully saturated rings. The Morgan fingerprint density at radius 1 is 1.50 bits per heavy atom. The second-order valence-corrected chi connectivity index (χ2v) is 5.73. The van der Waals surface area contributed by atoms with E-state index in [0.717, 1.165) is 25.2 Å². The molecule has 1 unspecified atom stereocenters. The number of rotatable bonds is 3. The molecule has 0 bridgehead atoms. The number of carboxylic acid groups (broad SMARTS) is 1. The SMILES string of the molecule is CC(C)N1CCC(c2cn3ccc(C(=O)O)cc3n2)C1. The summed E-state index contributed by atoms with van der Waals surface area (Å²) >= 11 is 0. The molecule has 5 nitrogen and oxygen atoms in total. The summed E-state index contributed by atoms with van der Waals surface area (Å²) in [5.74, 6) is -0.463. The molecule has 3 heterocycles. The van der Waals surface area contributed by atoms with Crippen molar-refractivity contribution in [2.24, 2.45) is 0 Å². The Balaban J connectivity index is 1.88. The smallest absolute Gasteiger partial charge is 0.335 e. The standard InChI is InChI=1S/C15H19N3O2/c1-10(2)17-5-4-12(8-17)13-9-18-6-3-11(15(19)20)7-14(18)16-13/h3,6-7,9-10,12H,4-5,8H2,1-2H3,(H,19,20). The molecule has 1 saturated heterocycles. The molecule has 1 aliphatic rings. The summed E-state index contributed by atoms with van der Waals surface area (Å²) in [7, 11) is 0. The number of carbonyl (C=O) groups is 1. The van der Waals surface area contributed by atoms with Gasteiger partial charge in [0.25, 0.3) is 0 Å². The largest absolute Gasteiger partial charge is 0.478 e. The van der Waals surface area contributed by atoms with Gasteiger partial charge in [0.2, 0.25) is 0 Å². The fraction of sp³-hybridized carbons (Fsp3) is 0.467. The molecular formula is C15H19N3O2. The van der Waals surface area contributed by atoms with Crippen molar-refractivity contribution in [2.45, 2.75) is 32.2 Å². The zero-order valence-corrected chi connectivity index (χ0v) is 11.8. The Kier molecular flexibility index (Phi) is 3.22. The van der Waals surface area contributed by atoms with Crippen LogP contribution in [0.5, 0.6) is 0 Å². The molecule has 20 heavy (non-hydrogen) atoms. The Bertz CT molecular complexity index is 648. The van der Waals surface area contributed by atoms with Crippen LogP contribution in [0.4, 0.5) is 0 Å². The number of aromatic carboxylic acids is 1. The number of carboxylic acids is 1. The molecule has 2 aromatic heterocycles. The van der Waals surface area contributed by atoms with Gasteiger partial charge in [-0.15, -0.1) is 0 Å². The minimum atomic E-state index is -0.913. The first-order chi connectivity index (χ1) is 9.54. The van der Waals surface area contributed by atoms with E-state index in [4.69, 9.17) is 5.11 Å². The summed E-state index contributed by atoms with van der Waals surface area (Å²) in [5, 5.41) is 9.01. The van der Waals surface area contributed by atoms with E-state index in [1.165, 1.54) is 0 Å². The van der Waals surface area contributed by atoms with Gasteiger partial charge in [-0.25, -0.2) is 9.78 Å². The lowest BCUT2D eigenvalue weighted by molar-refractivity contribution is 0.0697. The predicted octanol–water partition coefficient (Wildman–Crippen LogP) is 2.23. The summed E-state index contributed by atoms with van der Waals surface area (Å²) in [6.45, 7) is 6.57. The molecule has 5 heteroatoms. The van der Waals surface area contributed by atoms with Gasteiger partial charge in [0, 0.05) is 30.9 Å². The minimum Gasteiger partial charge on any atom is -0.478 e. The second kappa shape index (κ2) is 4.90. The maximum Gasteiger partial charge on any atom is 0.335 e. The van der Waals surface area contributed by atoms with E-state index in [1.807, 2.05) is 10.6 Å². The molecule has 0 amide bonds. The number of imidazole rings is 1. The van der Waals surface area contributed by atoms with Gasteiger partial charge in [0.05, 0.1) is 11.3 Å². The molecule has 3 rings (SSSR count). The molecule has 106 valence electrons. The lowest BCUT2D eigenvalue weighted by Gasteiger charge is -2.19. The zero-order valence-electron chi connectivity index (χ0n) is 11.8. The van der Waals surface area contributed by atoms with Crippen molar-refractivity contribution in [1.82, 2.24) is 14.3 Å². The molecule has 0 saturated carbocycles. The highest BCUT2D eigenvalue weighted by Crippen LogP contribution is 2.28. The minimum absolute atomic E-state index is 0.282. The number of likely N-dealkylation sites (tertiary alicyclic amines) is 1. The van der Waals surface area contributed by atoms with Crippen LogP contribution in [0.3, 0.4) is 0 Å². The lowest BCUT2D eigenvalue weighted by Crippen LogP contribution is -2.27. The van der Waals surface area contributed by atoms with Crippen molar-refractivity contribution in [3.05, 3.63) is 35.8 Å². The van der Waals surface area contributed by atoms with Crippen molar-refractivity contribution in [1.29, 1.82) is 0 Å². The number of aromatic nitrogens is 2. The second-order valence-electron chi connectivity index (χ2n) is 5.73. The quantitative estimate of drug-likeness (QED) is 0.931. The highest BCUT2D eigenvalue weighted by molar-refractivity contribution is 5.88. The normalized spacial score (nSPS) is 20.1. The van der Waals surface area contributed by atoms with E-state index in [9.17, 15) is 4.79 Å². The maximum atomic E-state index is 11.0. The Morgan fingerprint density at radius 3 is 2.95 bits per heavy atom. The third-order valence-electron chi connectivity index (χ3n) is 4.09. The fourth-order valence-corrected chi connectivity index (χ4v) is 2.83.